The first-order chi connectivity index (χ1) is 16.5. The van der Waals surface area contributed by atoms with E-state index in [1.54, 1.807) is 0 Å². The van der Waals surface area contributed by atoms with Gasteiger partial charge in [-0.05, 0) is 61.6 Å². The van der Waals surface area contributed by atoms with Crippen LogP contribution in [-0.2, 0) is 5.54 Å². The van der Waals surface area contributed by atoms with E-state index in [1.807, 2.05) is 37.3 Å². The number of rotatable bonds is 8. The molecule has 0 radical (unpaired) electrons. The van der Waals surface area contributed by atoms with Crippen molar-refractivity contribution in [2.75, 3.05) is 5.32 Å². The summed E-state index contributed by atoms with van der Waals surface area (Å²) in [5.74, 6) is 0.817. The summed E-state index contributed by atoms with van der Waals surface area (Å²) in [7, 11) is 0. The smallest absolute Gasteiger partial charge is 0.120 e. The second-order valence-corrected chi connectivity index (χ2v) is 9.36. The van der Waals surface area contributed by atoms with Crippen LogP contribution in [0.4, 0.5) is 5.69 Å². The van der Waals surface area contributed by atoms with Crippen molar-refractivity contribution in [3.63, 3.8) is 0 Å². The first-order valence-corrected chi connectivity index (χ1v) is 11.8. The maximum Gasteiger partial charge on any atom is 0.120 e. The highest BCUT2D eigenvalue weighted by molar-refractivity contribution is 6.02. The average Bonchev–Trinajstić information content (AvgIpc) is 3.61. The van der Waals surface area contributed by atoms with Crippen LogP contribution < -0.4 is 10.1 Å². The van der Waals surface area contributed by atoms with Crippen LogP contribution in [0.25, 0.3) is 0 Å². The van der Waals surface area contributed by atoms with Crippen LogP contribution in [0.2, 0.25) is 0 Å². The standard InChI is InChI=1S/C31H30N2O/c1-23(32)28-22-27(34-30(2)20-21-30)18-19-29(28)33-31(24-12-6-3-7-13-24,25-14-8-4-9-15-25)26-16-10-5-11-17-26/h3-19,22,32-33H,20-21H2,1-2H3. The van der Waals surface area contributed by atoms with Crippen LogP contribution in [0.15, 0.2) is 109 Å². The molecule has 1 aliphatic carbocycles. The van der Waals surface area contributed by atoms with E-state index in [-0.39, 0.29) is 5.60 Å². The Balaban J connectivity index is 1.70. The first kappa shape index (κ1) is 22.0. The van der Waals surface area contributed by atoms with Gasteiger partial charge in [-0.25, -0.2) is 0 Å². The molecule has 0 amide bonds. The van der Waals surface area contributed by atoms with Gasteiger partial charge in [0.25, 0.3) is 0 Å². The second kappa shape index (κ2) is 8.83. The number of nitrogens with one attached hydrogen (secondary N) is 2. The zero-order valence-electron chi connectivity index (χ0n) is 19.7. The molecule has 0 aliphatic heterocycles. The van der Waals surface area contributed by atoms with Crippen molar-refractivity contribution in [1.82, 2.24) is 0 Å². The molecule has 3 nitrogen and oxygen atoms in total. The molecule has 4 aromatic rings. The van der Waals surface area contributed by atoms with E-state index in [9.17, 15) is 0 Å². The summed E-state index contributed by atoms with van der Waals surface area (Å²) in [5, 5.41) is 12.4. The van der Waals surface area contributed by atoms with Gasteiger partial charge in [0, 0.05) is 17.0 Å². The van der Waals surface area contributed by atoms with Crippen LogP contribution in [0.3, 0.4) is 0 Å². The second-order valence-electron chi connectivity index (χ2n) is 9.36. The average molecular weight is 447 g/mol. The zero-order valence-corrected chi connectivity index (χ0v) is 19.7. The molecule has 170 valence electrons. The summed E-state index contributed by atoms with van der Waals surface area (Å²) >= 11 is 0. The van der Waals surface area contributed by atoms with Crippen LogP contribution >= 0.6 is 0 Å². The third-order valence-corrected chi connectivity index (χ3v) is 6.66. The van der Waals surface area contributed by atoms with Crippen molar-refractivity contribution >= 4 is 11.4 Å². The van der Waals surface area contributed by atoms with E-state index in [1.165, 1.54) is 0 Å². The lowest BCUT2D eigenvalue weighted by Gasteiger charge is -2.38. The normalized spacial score (nSPS) is 14.3. The Labute approximate surface area is 202 Å². The van der Waals surface area contributed by atoms with Crippen molar-refractivity contribution in [2.24, 2.45) is 0 Å². The summed E-state index contributed by atoms with van der Waals surface area (Å²) in [5.41, 5.74) is 4.93. The Hall–Kier alpha value is -3.85. The minimum atomic E-state index is -0.640. The summed E-state index contributed by atoms with van der Waals surface area (Å²) < 4.78 is 6.22. The summed E-state index contributed by atoms with van der Waals surface area (Å²) in [6.07, 6.45) is 2.15. The Morgan fingerprint density at radius 3 is 1.65 bits per heavy atom. The molecule has 5 rings (SSSR count). The SMILES string of the molecule is CC(=N)c1cc(OC2(C)CC2)ccc1NC(c1ccccc1)(c1ccccc1)c1ccccc1. The van der Waals surface area contributed by atoms with E-state index in [0.717, 1.165) is 46.5 Å². The third kappa shape index (κ3) is 4.22. The highest BCUT2D eigenvalue weighted by atomic mass is 16.5. The maximum atomic E-state index is 8.55. The highest BCUT2D eigenvalue weighted by Crippen LogP contribution is 2.43. The predicted octanol–water partition coefficient (Wildman–Crippen LogP) is 7.41. The molecule has 1 fully saturated rings. The summed E-state index contributed by atoms with van der Waals surface area (Å²) in [6.45, 7) is 3.97. The molecule has 0 atom stereocenters. The van der Waals surface area contributed by atoms with Crippen molar-refractivity contribution in [1.29, 1.82) is 5.41 Å². The number of ether oxygens (including phenoxy) is 1. The van der Waals surface area contributed by atoms with E-state index >= 15 is 0 Å². The van der Waals surface area contributed by atoms with E-state index in [2.05, 4.69) is 91.1 Å². The minimum Gasteiger partial charge on any atom is -0.488 e. The number of hydrogen-bond acceptors (Lipinski definition) is 3. The Morgan fingerprint density at radius 2 is 1.24 bits per heavy atom. The Morgan fingerprint density at radius 1 is 0.765 bits per heavy atom. The molecule has 3 heteroatoms. The lowest BCUT2D eigenvalue weighted by Crippen LogP contribution is -2.38. The quantitative estimate of drug-likeness (QED) is 0.219. The van der Waals surface area contributed by atoms with Gasteiger partial charge in [-0.3, -0.25) is 0 Å². The highest BCUT2D eigenvalue weighted by Gasteiger charge is 2.40. The maximum absolute atomic E-state index is 8.55. The molecular formula is C31H30N2O. The fourth-order valence-corrected chi connectivity index (χ4v) is 4.55. The van der Waals surface area contributed by atoms with Crippen molar-refractivity contribution in [3.8, 4) is 5.75 Å². The molecule has 0 bridgehead atoms. The van der Waals surface area contributed by atoms with Crippen LogP contribution in [0.1, 0.15) is 48.9 Å². The predicted molar refractivity (Wildman–Crippen MR) is 140 cm³/mol. The zero-order chi connectivity index (χ0) is 23.6. The van der Waals surface area contributed by atoms with Gasteiger partial charge >= 0.3 is 0 Å². The van der Waals surface area contributed by atoms with Crippen LogP contribution in [0, 0.1) is 5.41 Å². The van der Waals surface area contributed by atoms with Gasteiger partial charge in [0.2, 0.25) is 0 Å². The summed E-state index contributed by atoms with van der Waals surface area (Å²) in [6, 6.07) is 37.6. The molecule has 1 aliphatic rings. The Bertz CT molecular complexity index is 1180. The fourth-order valence-electron chi connectivity index (χ4n) is 4.55. The summed E-state index contributed by atoms with van der Waals surface area (Å²) in [4.78, 5) is 0. The molecule has 0 heterocycles. The van der Waals surface area contributed by atoms with Crippen molar-refractivity contribution in [2.45, 2.75) is 37.8 Å². The minimum absolute atomic E-state index is 0.0655. The Kier molecular flexibility index (Phi) is 5.70. The van der Waals surface area contributed by atoms with E-state index in [0.29, 0.717) is 5.71 Å². The van der Waals surface area contributed by atoms with Crippen molar-refractivity contribution in [3.05, 3.63) is 131 Å². The lowest BCUT2D eigenvalue weighted by atomic mass is 9.76. The molecule has 4 aromatic carbocycles. The topological polar surface area (TPSA) is 45.1 Å². The number of benzene rings is 4. The molecule has 0 unspecified atom stereocenters. The number of hydrogen-bond donors (Lipinski definition) is 2. The monoisotopic (exact) mass is 446 g/mol. The van der Waals surface area contributed by atoms with Gasteiger partial charge in [-0.15, -0.1) is 0 Å². The van der Waals surface area contributed by atoms with Gasteiger partial charge in [0.05, 0.1) is 0 Å². The van der Waals surface area contributed by atoms with Gasteiger partial charge in [-0.2, -0.15) is 0 Å². The van der Waals surface area contributed by atoms with Crippen LogP contribution in [-0.4, -0.2) is 11.3 Å². The van der Waals surface area contributed by atoms with Gasteiger partial charge in [0.15, 0.2) is 0 Å². The molecule has 0 aromatic heterocycles. The number of anilines is 1. The first-order valence-electron chi connectivity index (χ1n) is 11.8. The van der Waals surface area contributed by atoms with Gasteiger partial charge in [-0.1, -0.05) is 91.0 Å². The molecule has 34 heavy (non-hydrogen) atoms. The lowest BCUT2D eigenvalue weighted by molar-refractivity contribution is 0.200. The van der Waals surface area contributed by atoms with Gasteiger partial charge < -0.3 is 15.5 Å². The fraction of sp³-hybridized carbons (Fsp3) is 0.194. The van der Waals surface area contributed by atoms with Crippen molar-refractivity contribution < 1.29 is 4.74 Å². The third-order valence-electron chi connectivity index (χ3n) is 6.66. The molecule has 2 N–H and O–H groups in total. The molecule has 0 saturated heterocycles. The molecule has 1 saturated carbocycles. The van der Waals surface area contributed by atoms with E-state index in [4.69, 9.17) is 10.1 Å². The molecular weight excluding hydrogens is 416 g/mol. The van der Waals surface area contributed by atoms with E-state index < -0.39 is 5.54 Å². The largest absolute Gasteiger partial charge is 0.488 e. The van der Waals surface area contributed by atoms with Gasteiger partial charge in [0.1, 0.15) is 16.9 Å². The molecule has 0 spiro atoms. The van der Waals surface area contributed by atoms with Crippen LogP contribution in [0.5, 0.6) is 5.75 Å².